The first-order valence-corrected chi connectivity index (χ1v) is 9.61. The lowest BCUT2D eigenvalue weighted by atomic mass is 10.0. The number of nitrogens with one attached hydrogen (secondary N) is 2. The normalized spacial score (nSPS) is 15.5. The van der Waals surface area contributed by atoms with E-state index in [9.17, 15) is 9.59 Å². The van der Waals surface area contributed by atoms with Crippen molar-refractivity contribution in [1.29, 1.82) is 0 Å². The fourth-order valence-electron chi connectivity index (χ4n) is 3.18. The summed E-state index contributed by atoms with van der Waals surface area (Å²) in [5.74, 6) is 0.506. The second kappa shape index (κ2) is 9.99. The van der Waals surface area contributed by atoms with Crippen LogP contribution in [0.1, 0.15) is 17.4 Å². The number of amides is 2. The number of carbonyl (C=O) groups is 2. The van der Waals surface area contributed by atoms with Gasteiger partial charge in [-0.25, -0.2) is 4.98 Å². The maximum absolute atomic E-state index is 12.9. The summed E-state index contributed by atoms with van der Waals surface area (Å²) < 4.78 is 5.74. The van der Waals surface area contributed by atoms with Gasteiger partial charge in [0, 0.05) is 38.1 Å². The monoisotopic (exact) mass is 397 g/mol. The first kappa shape index (κ1) is 20.8. The van der Waals surface area contributed by atoms with Crippen LogP contribution in [0.15, 0.2) is 48.8 Å². The number of aromatic nitrogens is 2. The van der Waals surface area contributed by atoms with Crippen LogP contribution in [0.2, 0.25) is 0 Å². The van der Waals surface area contributed by atoms with Crippen molar-refractivity contribution in [3.05, 3.63) is 60.2 Å². The molecule has 8 heteroatoms. The number of ether oxygens (including phenoxy) is 1. The summed E-state index contributed by atoms with van der Waals surface area (Å²) in [6.45, 7) is 1.96. The van der Waals surface area contributed by atoms with E-state index in [1.54, 1.807) is 18.5 Å². The van der Waals surface area contributed by atoms with Gasteiger partial charge in [0.25, 0.3) is 0 Å². The Hall–Kier alpha value is -2.97. The SMILES string of the molecule is CN(C)C(C(=O)N1CC(OCCNC(=O)/C=C/c2ncc[nH]2)C1)c1ccccc1. The molecule has 154 valence electrons. The number of H-pyrrole nitrogens is 1. The van der Waals surface area contributed by atoms with E-state index in [1.807, 2.05) is 54.2 Å². The lowest BCUT2D eigenvalue weighted by molar-refractivity contribution is -0.150. The number of imidazole rings is 1. The van der Waals surface area contributed by atoms with Gasteiger partial charge in [0.15, 0.2) is 0 Å². The average molecular weight is 397 g/mol. The van der Waals surface area contributed by atoms with Crippen LogP contribution >= 0.6 is 0 Å². The molecule has 1 aliphatic heterocycles. The Bertz CT molecular complexity index is 814. The summed E-state index contributed by atoms with van der Waals surface area (Å²) in [7, 11) is 3.82. The Kier molecular flexibility index (Phi) is 7.15. The Morgan fingerprint density at radius 3 is 2.76 bits per heavy atom. The van der Waals surface area contributed by atoms with Crippen molar-refractivity contribution in [3.63, 3.8) is 0 Å². The number of aromatic amines is 1. The highest BCUT2D eigenvalue weighted by molar-refractivity contribution is 5.91. The van der Waals surface area contributed by atoms with Crippen molar-refractivity contribution in [2.24, 2.45) is 0 Å². The number of likely N-dealkylation sites (N-methyl/N-ethyl adjacent to an activating group) is 1. The lowest BCUT2D eigenvalue weighted by Gasteiger charge is -2.41. The predicted molar refractivity (Wildman–Crippen MR) is 110 cm³/mol. The smallest absolute Gasteiger partial charge is 0.244 e. The molecule has 1 saturated heterocycles. The number of nitrogens with zero attached hydrogens (tertiary/aromatic N) is 3. The van der Waals surface area contributed by atoms with Gasteiger partial charge in [0.05, 0.1) is 12.7 Å². The van der Waals surface area contributed by atoms with E-state index in [0.29, 0.717) is 32.1 Å². The molecule has 1 aliphatic rings. The van der Waals surface area contributed by atoms with Crippen molar-refractivity contribution in [1.82, 2.24) is 25.1 Å². The maximum Gasteiger partial charge on any atom is 0.244 e. The lowest BCUT2D eigenvalue weighted by Crippen LogP contribution is -2.57. The fourth-order valence-corrected chi connectivity index (χ4v) is 3.18. The van der Waals surface area contributed by atoms with Crippen LogP contribution in [0.25, 0.3) is 6.08 Å². The summed E-state index contributed by atoms with van der Waals surface area (Å²) in [5.41, 5.74) is 0.984. The molecule has 0 saturated carbocycles. The van der Waals surface area contributed by atoms with E-state index in [-0.39, 0.29) is 24.0 Å². The highest BCUT2D eigenvalue weighted by atomic mass is 16.5. The van der Waals surface area contributed by atoms with Crippen molar-refractivity contribution in [3.8, 4) is 0 Å². The van der Waals surface area contributed by atoms with Crippen LogP contribution in [-0.4, -0.2) is 78.0 Å². The van der Waals surface area contributed by atoms with Gasteiger partial charge in [-0.1, -0.05) is 30.3 Å². The second-order valence-electron chi connectivity index (χ2n) is 7.11. The van der Waals surface area contributed by atoms with Crippen LogP contribution in [-0.2, 0) is 14.3 Å². The van der Waals surface area contributed by atoms with Crippen LogP contribution in [0, 0.1) is 0 Å². The molecule has 3 rings (SSSR count). The molecule has 8 nitrogen and oxygen atoms in total. The minimum Gasteiger partial charge on any atom is -0.373 e. The third-order valence-corrected chi connectivity index (χ3v) is 4.69. The number of carbonyl (C=O) groups excluding carboxylic acids is 2. The highest BCUT2D eigenvalue weighted by Gasteiger charge is 2.36. The predicted octanol–water partition coefficient (Wildman–Crippen LogP) is 1.07. The minimum atomic E-state index is -0.294. The number of hydrogen-bond donors (Lipinski definition) is 2. The summed E-state index contributed by atoms with van der Waals surface area (Å²) in [6, 6.07) is 9.48. The molecule has 1 unspecified atom stereocenters. The first-order valence-electron chi connectivity index (χ1n) is 9.61. The van der Waals surface area contributed by atoms with Crippen LogP contribution in [0.3, 0.4) is 0 Å². The Labute approximate surface area is 170 Å². The van der Waals surface area contributed by atoms with Crippen molar-refractivity contribution < 1.29 is 14.3 Å². The van der Waals surface area contributed by atoms with Gasteiger partial charge in [-0.2, -0.15) is 0 Å². The van der Waals surface area contributed by atoms with Crippen LogP contribution < -0.4 is 5.32 Å². The van der Waals surface area contributed by atoms with Crippen molar-refractivity contribution in [2.45, 2.75) is 12.1 Å². The van der Waals surface area contributed by atoms with Gasteiger partial charge in [0.2, 0.25) is 11.8 Å². The Balaban J connectivity index is 1.35. The van der Waals surface area contributed by atoms with Gasteiger partial charge in [0.1, 0.15) is 11.9 Å². The molecular formula is C21H27N5O3. The van der Waals surface area contributed by atoms with E-state index in [1.165, 1.54) is 6.08 Å². The number of benzene rings is 1. The van der Waals surface area contributed by atoms with Gasteiger partial charge < -0.3 is 19.9 Å². The van der Waals surface area contributed by atoms with E-state index >= 15 is 0 Å². The summed E-state index contributed by atoms with van der Waals surface area (Å²) in [5, 5.41) is 2.76. The molecular weight excluding hydrogens is 370 g/mol. The van der Waals surface area contributed by atoms with Gasteiger partial charge >= 0.3 is 0 Å². The fraction of sp³-hybridized carbons (Fsp3) is 0.381. The van der Waals surface area contributed by atoms with Crippen molar-refractivity contribution in [2.75, 3.05) is 40.3 Å². The molecule has 2 aromatic rings. The topological polar surface area (TPSA) is 90.6 Å². The highest BCUT2D eigenvalue weighted by Crippen LogP contribution is 2.24. The van der Waals surface area contributed by atoms with Crippen LogP contribution in [0.4, 0.5) is 0 Å². The summed E-state index contributed by atoms with van der Waals surface area (Å²) in [6.07, 6.45) is 6.36. The second-order valence-corrected chi connectivity index (χ2v) is 7.11. The zero-order valence-electron chi connectivity index (χ0n) is 16.7. The molecule has 0 spiro atoms. The third kappa shape index (κ3) is 5.75. The van der Waals surface area contributed by atoms with E-state index in [2.05, 4.69) is 15.3 Å². The van der Waals surface area contributed by atoms with Gasteiger partial charge in [-0.3, -0.25) is 14.5 Å². The third-order valence-electron chi connectivity index (χ3n) is 4.69. The largest absolute Gasteiger partial charge is 0.373 e. The van der Waals surface area contributed by atoms with Crippen molar-refractivity contribution >= 4 is 17.9 Å². The van der Waals surface area contributed by atoms with Crippen LogP contribution in [0.5, 0.6) is 0 Å². The molecule has 1 atom stereocenters. The Morgan fingerprint density at radius 2 is 2.10 bits per heavy atom. The number of hydrogen-bond acceptors (Lipinski definition) is 5. The quantitative estimate of drug-likeness (QED) is 0.488. The average Bonchev–Trinajstić information content (AvgIpc) is 3.19. The molecule has 2 amide bonds. The molecule has 0 bridgehead atoms. The maximum atomic E-state index is 12.9. The van der Waals surface area contributed by atoms with E-state index < -0.39 is 0 Å². The number of likely N-dealkylation sites (tertiary alicyclic amines) is 1. The Morgan fingerprint density at radius 1 is 1.34 bits per heavy atom. The first-order chi connectivity index (χ1) is 14.0. The molecule has 1 fully saturated rings. The van der Waals surface area contributed by atoms with Gasteiger partial charge in [-0.15, -0.1) is 0 Å². The minimum absolute atomic E-state index is 0.00750. The van der Waals surface area contributed by atoms with E-state index in [4.69, 9.17) is 4.74 Å². The molecule has 2 N–H and O–H groups in total. The van der Waals surface area contributed by atoms with E-state index in [0.717, 1.165) is 5.56 Å². The number of rotatable bonds is 9. The zero-order valence-corrected chi connectivity index (χ0v) is 16.7. The standard InChI is InChI=1S/C21H27N5O3/c1-25(2)20(16-6-4-3-5-7-16)21(28)26-14-17(15-26)29-13-12-24-19(27)9-8-18-22-10-11-23-18/h3-11,17,20H,12-15H2,1-2H3,(H,22,23)(H,24,27)/b9-8+. The molecule has 2 heterocycles. The molecule has 0 radical (unpaired) electrons. The molecule has 0 aliphatic carbocycles. The summed E-state index contributed by atoms with van der Waals surface area (Å²) in [4.78, 5) is 35.2. The zero-order chi connectivity index (χ0) is 20.6. The molecule has 1 aromatic heterocycles. The molecule has 1 aromatic carbocycles. The molecule has 29 heavy (non-hydrogen) atoms. The van der Waals surface area contributed by atoms with Gasteiger partial charge in [-0.05, 0) is 25.7 Å². The summed E-state index contributed by atoms with van der Waals surface area (Å²) >= 11 is 0.